The molecule has 2 saturated heterocycles. The van der Waals surface area contributed by atoms with Gasteiger partial charge in [-0.3, -0.25) is 4.79 Å². The fourth-order valence-electron chi connectivity index (χ4n) is 8.58. The van der Waals surface area contributed by atoms with Crippen molar-refractivity contribution in [2.45, 2.75) is 280 Å². The van der Waals surface area contributed by atoms with Crippen LogP contribution in [0.15, 0.2) is 0 Å². The summed E-state index contributed by atoms with van der Waals surface area (Å²) in [6.45, 7) is 3.69. The molecule has 0 amide bonds. The summed E-state index contributed by atoms with van der Waals surface area (Å²) in [5.41, 5.74) is 0. The van der Waals surface area contributed by atoms with Crippen molar-refractivity contribution in [1.82, 2.24) is 0 Å². The minimum Gasteiger partial charge on any atom is -0.457 e. The molecule has 2 rings (SSSR count). The molecule has 11 unspecified atom stereocenters. The molecule has 14 nitrogen and oxygen atoms in total. The number of aliphatic hydroxyl groups is 7. The van der Waals surface area contributed by atoms with Crippen LogP contribution < -0.4 is 0 Å². The SMILES string of the molecule is CCCCCCCCCCCCCCCCCCCCCCCCCC(=O)OC(COCCCCCCCCC)COC1OC(COC2OC(CO)C(O)C(O)C2O)C(O)C(O)C1O. The molecule has 0 aromatic rings. The van der Waals surface area contributed by atoms with E-state index in [9.17, 15) is 40.5 Å². The molecule has 0 radical (unpaired) electrons. The van der Waals surface area contributed by atoms with Gasteiger partial charge in [0, 0.05) is 13.0 Å². The van der Waals surface area contributed by atoms with Gasteiger partial charge in [-0.25, -0.2) is 0 Å². The number of hydrogen-bond donors (Lipinski definition) is 7. The lowest BCUT2D eigenvalue weighted by molar-refractivity contribution is -0.332. The molecule has 0 saturated carbocycles. The lowest BCUT2D eigenvalue weighted by Gasteiger charge is -2.42. The highest BCUT2D eigenvalue weighted by Crippen LogP contribution is 2.26. The second-order valence-electron chi connectivity index (χ2n) is 18.7. The van der Waals surface area contributed by atoms with E-state index in [0.717, 1.165) is 44.9 Å². The first-order chi connectivity index (χ1) is 31.1. The zero-order valence-corrected chi connectivity index (χ0v) is 40.3. The van der Waals surface area contributed by atoms with E-state index in [1.165, 1.54) is 148 Å². The number of carbonyl (C=O) groups is 1. The Balaban J connectivity index is 1.65. The van der Waals surface area contributed by atoms with E-state index in [4.69, 9.17) is 28.4 Å². The summed E-state index contributed by atoms with van der Waals surface area (Å²) in [6.07, 6.45) is 22.0. The third kappa shape index (κ3) is 26.5. The molecule has 0 aromatic heterocycles. The molecule has 0 spiro atoms. The van der Waals surface area contributed by atoms with E-state index in [0.29, 0.717) is 6.61 Å². The van der Waals surface area contributed by atoms with Crippen molar-refractivity contribution in [3.05, 3.63) is 0 Å². The monoisotopic (exact) mass is 921 g/mol. The number of unbranched alkanes of at least 4 members (excludes halogenated alkanes) is 28. The highest BCUT2D eigenvalue weighted by Gasteiger charge is 2.47. The van der Waals surface area contributed by atoms with Gasteiger partial charge in [-0.2, -0.15) is 0 Å². The highest BCUT2D eigenvalue weighted by atomic mass is 16.7. The van der Waals surface area contributed by atoms with Gasteiger partial charge in [-0.1, -0.05) is 194 Å². The van der Waals surface area contributed by atoms with Crippen LogP contribution in [0, 0.1) is 0 Å². The Morgan fingerprint density at radius 1 is 0.453 bits per heavy atom. The fourth-order valence-corrected chi connectivity index (χ4v) is 8.58. The Morgan fingerprint density at radius 3 is 1.27 bits per heavy atom. The minimum absolute atomic E-state index is 0.0681. The maximum atomic E-state index is 13.0. The van der Waals surface area contributed by atoms with E-state index in [1.54, 1.807) is 0 Å². The van der Waals surface area contributed by atoms with E-state index in [-0.39, 0.29) is 25.6 Å². The van der Waals surface area contributed by atoms with Crippen molar-refractivity contribution in [2.75, 3.05) is 33.0 Å². The Labute approximate surface area is 387 Å². The Bertz CT molecular complexity index is 1070. The molecule has 2 fully saturated rings. The van der Waals surface area contributed by atoms with Crippen molar-refractivity contribution in [3.63, 3.8) is 0 Å². The summed E-state index contributed by atoms with van der Waals surface area (Å²) >= 11 is 0. The van der Waals surface area contributed by atoms with Crippen LogP contribution in [0.25, 0.3) is 0 Å². The molecule has 2 aliphatic rings. The number of carbonyl (C=O) groups excluding carboxylic acids is 1. The maximum absolute atomic E-state index is 13.0. The van der Waals surface area contributed by atoms with Crippen molar-refractivity contribution in [3.8, 4) is 0 Å². The van der Waals surface area contributed by atoms with Crippen LogP contribution >= 0.6 is 0 Å². The van der Waals surface area contributed by atoms with Gasteiger partial charge in [0.1, 0.15) is 54.9 Å². The predicted molar refractivity (Wildman–Crippen MR) is 248 cm³/mol. The predicted octanol–water partition coefficient (Wildman–Crippen LogP) is 7.69. The minimum atomic E-state index is -1.70. The van der Waals surface area contributed by atoms with Gasteiger partial charge in [0.15, 0.2) is 12.6 Å². The summed E-state index contributed by atoms with van der Waals surface area (Å²) in [7, 11) is 0. The average Bonchev–Trinajstić information content (AvgIpc) is 3.29. The van der Waals surface area contributed by atoms with Crippen LogP contribution in [-0.2, 0) is 33.2 Å². The van der Waals surface area contributed by atoms with Crippen molar-refractivity contribution < 1.29 is 69.0 Å². The number of hydrogen-bond acceptors (Lipinski definition) is 14. The van der Waals surface area contributed by atoms with E-state index in [2.05, 4.69) is 13.8 Å². The zero-order chi connectivity index (χ0) is 46.6. The standard InChI is InChI=1S/C50H96O14/c1-3-5-7-9-11-12-13-14-15-16-17-18-19-20-21-22-23-24-25-26-27-29-31-33-42(52)62-39(36-59-34-32-30-28-10-8-6-4-2)37-60-49-48(58)46(56)44(54)41(64-49)38-61-50-47(57)45(55)43(53)40(35-51)63-50/h39-41,43-51,53-58H,3-38H2,1-2H3. The van der Waals surface area contributed by atoms with Crippen LogP contribution in [0.4, 0.5) is 0 Å². The summed E-state index contributed by atoms with van der Waals surface area (Å²) in [4.78, 5) is 13.0. The van der Waals surface area contributed by atoms with Crippen LogP contribution in [0.1, 0.15) is 213 Å². The molecule has 380 valence electrons. The molecule has 2 aliphatic heterocycles. The van der Waals surface area contributed by atoms with Crippen LogP contribution in [0.3, 0.4) is 0 Å². The molecule has 0 bridgehead atoms. The number of esters is 1. The second kappa shape index (κ2) is 38.9. The van der Waals surface area contributed by atoms with E-state index in [1.807, 2.05) is 0 Å². The van der Waals surface area contributed by atoms with Crippen LogP contribution in [-0.4, -0.2) is 142 Å². The van der Waals surface area contributed by atoms with Gasteiger partial charge in [0.25, 0.3) is 0 Å². The molecule has 64 heavy (non-hydrogen) atoms. The number of rotatable bonds is 42. The van der Waals surface area contributed by atoms with Gasteiger partial charge in [0.2, 0.25) is 0 Å². The summed E-state index contributed by atoms with van der Waals surface area (Å²) < 4.78 is 34.1. The van der Waals surface area contributed by atoms with Gasteiger partial charge >= 0.3 is 5.97 Å². The van der Waals surface area contributed by atoms with Gasteiger partial charge < -0.3 is 64.2 Å². The Kier molecular flexibility index (Phi) is 35.9. The highest BCUT2D eigenvalue weighted by molar-refractivity contribution is 5.69. The first-order valence-corrected chi connectivity index (χ1v) is 26.1. The Hall–Kier alpha value is -1.01. The van der Waals surface area contributed by atoms with Crippen LogP contribution in [0.2, 0.25) is 0 Å². The van der Waals surface area contributed by atoms with Crippen LogP contribution in [0.5, 0.6) is 0 Å². The van der Waals surface area contributed by atoms with Crippen molar-refractivity contribution in [2.24, 2.45) is 0 Å². The molecule has 2 heterocycles. The molecule has 7 N–H and O–H groups in total. The Morgan fingerprint density at radius 2 is 0.828 bits per heavy atom. The second-order valence-corrected chi connectivity index (χ2v) is 18.7. The molecule has 0 aliphatic carbocycles. The smallest absolute Gasteiger partial charge is 0.306 e. The van der Waals surface area contributed by atoms with Gasteiger partial charge in [-0.15, -0.1) is 0 Å². The first-order valence-electron chi connectivity index (χ1n) is 26.1. The van der Waals surface area contributed by atoms with E-state index < -0.39 is 80.7 Å². The quantitative estimate of drug-likeness (QED) is 0.0231. The van der Waals surface area contributed by atoms with Crippen molar-refractivity contribution in [1.29, 1.82) is 0 Å². The molecular formula is C50H96O14. The maximum Gasteiger partial charge on any atom is 0.306 e. The lowest BCUT2D eigenvalue weighted by atomic mass is 9.98. The summed E-state index contributed by atoms with van der Waals surface area (Å²) in [5, 5.41) is 71.9. The first kappa shape index (κ1) is 59.1. The third-order valence-corrected chi connectivity index (χ3v) is 12.9. The number of ether oxygens (including phenoxy) is 6. The average molecular weight is 921 g/mol. The molecule has 11 atom stereocenters. The third-order valence-electron chi connectivity index (χ3n) is 12.9. The van der Waals surface area contributed by atoms with Gasteiger partial charge in [-0.05, 0) is 12.8 Å². The van der Waals surface area contributed by atoms with E-state index >= 15 is 0 Å². The summed E-state index contributed by atoms with van der Waals surface area (Å²) in [6, 6.07) is 0. The lowest BCUT2D eigenvalue weighted by Crippen LogP contribution is -2.61. The zero-order valence-electron chi connectivity index (χ0n) is 40.3. The fraction of sp³-hybridized carbons (Fsp3) is 0.980. The normalized spacial score (nSPS) is 26.6. The topological polar surface area (TPSA) is 214 Å². The molecular weight excluding hydrogens is 825 g/mol. The summed E-state index contributed by atoms with van der Waals surface area (Å²) in [5.74, 6) is -0.372. The molecule has 14 heteroatoms. The largest absolute Gasteiger partial charge is 0.457 e. The molecule has 0 aromatic carbocycles. The van der Waals surface area contributed by atoms with Gasteiger partial charge in [0.05, 0.1) is 26.4 Å². The number of aliphatic hydroxyl groups excluding tert-OH is 7. The van der Waals surface area contributed by atoms with Crippen molar-refractivity contribution >= 4 is 5.97 Å².